The number of piperazine rings is 1. The Labute approximate surface area is 121 Å². The second kappa shape index (κ2) is 5.85. The van der Waals surface area contributed by atoms with Crippen LogP contribution in [0.2, 0.25) is 0 Å². The molecule has 0 radical (unpaired) electrons. The van der Waals surface area contributed by atoms with E-state index in [9.17, 15) is 18.3 Å². The van der Waals surface area contributed by atoms with Crippen molar-refractivity contribution in [1.82, 2.24) is 10.2 Å². The van der Waals surface area contributed by atoms with E-state index in [0.717, 1.165) is 25.9 Å². The Bertz CT molecular complexity index is 528. The zero-order chi connectivity index (χ0) is 15.0. The highest BCUT2D eigenvalue weighted by Crippen LogP contribution is 2.43. The number of hydrogen-bond donors (Lipinski definition) is 2. The average molecular weight is 300 g/mol. The highest BCUT2D eigenvalue weighted by Gasteiger charge is 2.35. The van der Waals surface area contributed by atoms with Crippen LogP contribution in [0, 0.1) is 23.4 Å². The molecule has 0 spiro atoms. The first-order valence-corrected chi connectivity index (χ1v) is 7.39. The average Bonchev–Trinajstić information content (AvgIpc) is 3.29. The van der Waals surface area contributed by atoms with Crippen molar-refractivity contribution in [2.75, 3.05) is 26.2 Å². The van der Waals surface area contributed by atoms with Crippen LogP contribution >= 0.6 is 0 Å². The van der Waals surface area contributed by atoms with Gasteiger partial charge in [-0.05, 0) is 12.3 Å². The molecule has 116 valence electrons. The van der Waals surface area contributed by atoms with Crippen molar-refractivity contribution in [3.8, 4) is 5.75 Å². The number of aromatic hydroxyl groups is 1. The molecule has 2 N–H and O–H groups in total. The van der Waals surface area contributed by atoms with Gasteiger partial charge in [-0.3, -0.25) is 4.90 Å². The molecule has 0 bridgehead atoms. The Kier molecular flexibility index (Phi) is 4.08. The summed E-state index contributed by atoms with van der Waals surface area (Å²) >= 11 is 0. The minimum Gasteiger partial charge on any atom is -0.507 e. The van der Waals surface area contributed by atoms with Crippen LogP contribution in [0.15, 0.2) is 6.07 Å². The minimum atomic E-state index is -1.50. The fraction of sp³-hybridized carbons (Fsp3) is 0.600. The summed E-state index contributed by atoms with van der Waals surface area (Å²) in [5.41, 5.74) is -0.0947. The van der Waals surface area contributed by atoms with E-state index < -0.39 is 29.2 Å². The number of nitrogens with one attached hydrogen (secondary N) is 1. The van der Waals surface area contributed by atoms with Gasteiger partial charge in [0.1, 0.15) is 5.75 Å². The predicted octanol–water partition coefficient (Wildman–Crippen LogP) is 2.56. The second-order valence-electron chi connectivity index (χ2n) is 5.90. The molecular weight excluding hydrogens is 281 g/mol. The van der Waals surface area contributed by atoms with Gasteiger partial charge in [0.2, 0.25) is 0 Å². The number of nitrogens with zero attached hydrogens (tertiary/aromatic N) is 1. The smallest absolute Gasteiger partial charge is 0.195 e. The molecule has 3 nitrogen and oxygen atoms in total. The van der Waals surface area contributed by atoms with Crippen molar-refractivity contribution in [2.24, 2.45) is 5.92 Å². The highest BCUT2D eigenvalue weighted by molar-refractivity contribution is 5.38. The summed E-state index contributed by atoms with van der Waals surface area (Å²) in [5.74, 6) is -4.11. The van der Waals surface area contributed by atoms with Crippen LogP contribution in [-0.4, -0.2) is 36.2 Å². The van der Waals surface area contributed by atoms with Crippen LogP contribution in [0.4, 0.5) is 13.2 Å². The standard InChI is InChI=1S/C15H19F3N2O/c16-10-8-12(21)13(15(18)14(10)17)11(7-9-1-2-9)20-5-3-19-4-6-20/h8-9,11,19,21H,1-7H2/t11-/m1/s1. The molecule has 1 saturated heterocycles. The van der Waals surface area contributed by atoms with E-state index in [1.54, 1.807) is 0 Å². The number of phenols is 1. The molecular formula is C15H19F3N2O. The second-order valence-corrected chi connectivity index (χ2v) is 5.90. The van der Waals surface area contributed by atoms with Crippen LogP contribution < -0.4 is 5.32 Å². The molecule has 0 unspecified atom stereocenters. The van der Waals surface area contributed by atoms with Crippen LogP contribution in [0.5, 0.6) is 5.75 Å². The van der Waals surface area contributed by atoms with Crippen molar-refractivity contribution in [1.29, 1.82) is 0 Å². The zero-order valence-electron chi connectivity index (χ0n) is 11.7. The Morgan fingerprint density at radius 3 is 2.48 bits per heavy atom. The van der Waals surface area contributed by atoms with Crippen LogP contribution in [0.1, 0.15) is 30.9 Å². The third kappa shape index (κ3) is 3.01. The van der Waals surface area contributed by atoms with Gasteiger partial charge in [0, 0.05) is 43.9 Å². The molecule has 0 aromatic heterocycles. The third-order valence-electron chi connectivity index (χ3n) is 4.36. The fourth-order valence-corrected chi connectivity index (χ4v) is 3.03. The molecule has 1 aliphatic carbocycles. The summed E-state index contributed by atoms with van der Waals surface area (Å²) in [5, 5.41) is 13.1. The summed E-state index contributed by atoms with van der Waals surface area (Å²) in [6.07, 6.45) is 2.83. The predicted molar refractivity (Wildman–Crippen MR) is 72.5 cm³/mol. The first-order chi connectivity index (χ1) is 10.1. The Morgan fingerprint density at radius 2 is 1.86 bits per heavy atom. The molecule has 1 aromatic carbocycles. The normalized spacial score (nSPS) is 21.5. The lowest BCUT2D eigenvalue weighted by Crippen LogP contribution is -2.45. The van der Waals surface area contributed by atoms with Crippen molar-refractivity contribution >= 4 is 0 Å². The van der Waals surface area contributed by atoms with E-state index in [2.05, 4.69) is 5.32 Å². The molecule has 1 aromatic rings. The summed E-state index contributed by atoms with van der Waals surface area (Å²) in [6, 6.07) is 0.283. The maximum atomic E-state index is 14.2. The Morgan fingerprint density at radius 1 is 1.19 bits per heavy atom. The quantitative estimate of drug-likeness (QED) is 0.839. The van der Waals surface area contributed by atoms with Gasteiger partial charge in [0.05, 0.1) is 0 Å². The number of phenolic OH excluding ortho intramolecular Hbond substituents is 1. The summed E-state index contributed by atoms with van der Waals surface area (Å²) < 4.78 is 40.9. The molecule has 1 saturated carbocycles. The number of halogens is 3. The van der Waals surface area contributed by atoms with Gasteiger partial charge in [0.15, 0.2) is 17.5 Å². The van der Waals surface area contributed by atoms with Crippen LogP contribution in [0.3, 0.4) is 0 Å². The molecule has 2 fully saturated rings. The SMILES string of the molecule is Oc1cc(F)c(F)c(F)c1[C@@H](CC1CC1)N1CCNCC1. The zero-order valence-corrected chi connectivity index (χ0v) is 11.7. The first-order valence-electron chi connectivity index (χ1n) is 7.39. The van der Waals surface area contributed by atoms with Gasteiger partial charge in [-0.2, -0.15) is 0 Å². The molecule has 1 heterocycles. The lowest BCUT2D eigenvalue weighted by molar-refractivity contribution is 0.153. The fourth-order valence-electron chi connectivity index (χ4n) is 3.03. The maximum absolute atomic E-state index is 14.2. The minimum absolute atomic E-state index is 0.0947. The van der Waals surface area contributed by atoms with Crippen molar-refractivity contribution in [3.63, 3.8) is 0 Å². The lowest BCUT2D eigenvalue weighted by Gasteiger charge is -2.35. The Hall–Kier alpha value is -1.27. The largest absolute Gasteiger partial charge is 0.507 e. The van der Waals surface area contributed by atoms with Gasteiger partial charge in [-0.25, -0.2) is 13.2 Å². The van der Waals surface area contributed by atoms with Gasteiger partial charge < -0.3 is 10.4 Å². The van der Waals surface area contributed by atoms with E-state index >= 15 is 0 Å². The number of rotatable bonds is 4. The monoisotopic (exact) mass is 300 g/mol. The molecule has 6 heteroatoms. The van der Waals surface area contributed by atoms with Crippen molar-refractivity contribution < 1.29 is 18.3 Å². The first kappa shape index (κ1) is 14.7. The van der Waals surface area contributed by atoms with Crippen molar-refractivity contribution in [3.05, 3.63) is 29.1 Å². The number of hydrogen-bond acceptors (Lipinski definition) is 3. The topological polar surface area (TPSA) is 35.5 Å². The molecule has 1 aliphatic heterocycles. The molecule has 2 aliphatic rings. The van der Waals surface area contributed by atoms with Crippen LogP contribution in [-0.2, 0) is 0 Å². The summed E-state index contributed by atoms with van der Waals surface area (Å²) in [7, 11) is 0. The van der Waals surface area contributed by atoms with E-state index in [4.69, 9.17) is 0 Å². The number of benzene rings is 1. The van der Waals surface area contributed by atoms with Gasteiger partial charge in [0.25, 0.3) is 0 Å². The Balaban J connectivity index is 1.96. The third-order valence-corrected chi connectivity index (χ3v) is 4.36. The summed E-state index contributed by atoms with van der Waals surface area (Å²) in [6.45, 7) is 2.95. The van der Waals surface area contributed by atoms with E-state index in [0.29, 0.717) is 31.5 Å². The van der Waals surface area contributed by atoms with Gasteiger partial charge in [-0.1, -0.05) is 12.8 Å². The van der Waals surface area contributed by atoms with Crippen molar-refractivity contribution in [2.45, 2.75) is 25.3 Å². The van der Waals surface area contributed by atoms with Gasteiger partial charge in [-0.15, -0.1) is 0 Å². The maximum Gasteiger partial charge on any atom is 0.195 e. The van der Waals surface area contributed by atoms with E-state index in [1.807, 2.05) is 4.90 Å². The molecule has 21 heavy (non-hydrogen) atoms. The van der Waals surface area contributed by atoms with E-state index in [1.165, 1.54) is 0 Å². The molecule has 3 rings (SSSR count). The summed E-state index contributed by atoms with van der Waals surface area (Å²) in [4.78, 5) is 2.05. The molecule has 1 atom stereocenters. The van der Waals surface area contributed by atoms with Gasteiger partial charge >= 0.3 is 0 Å². The lowest BCUT2D eigenvalue weighted by atomic mass is 9.96. The molecule has 0 amide bonds. The highest BCUT2D eigenvalue weighted by atomic mass is 19.2. The van der Waals surface area contributed by atoms with Crippen LogP contribution in [0.25, 0.3) is 0 Å². The van der Waals surface area contributed by atoms with E-state index in [-0.39, 0.29) is 5.56 Å².